The first-order chi connectivity index (χ1) is 7.72. The molecule has 86 valence electrons. The fourth-order valence-electron chi connectivity index (χ4n) is 2.15. The van der Waals surface area contributed by atoms with Crippen LogP contribution in [0.5, 0.6) is 0 Å². The monoisotopic (exact) mass is 235 g/mol. The van der Waals surface area contributed by atoms with Crippen molar-refractivity contribution in [1.82, 2.24) is 4.98 Å². The zero-order valence-corrected chi connectivity index (χ0v) is 10.7. The number of aromatic nitrogens is 1. The molecular weight excluding hydrogens is 218 g/mol. The molecule has 4 heteroatoms. The van der Waals surface area contributed by atoms with E-state index in [1.165, 1.54) is 19.3 Å². The Morgan fingerprint density at radius 3 is 3.06 bits per heavy atom. The van der Waals surface area contributed by atoms with Gasteiger partial charge in [-0.15, -0.1) is 11.3 Å². The van der Waals surface area contributed by atoms with Gasteiger partial charge in [0, 0.05) is 17.5 Å². The molecule has 0 N–H and O–H groups in total. The molecular formula is C12H17N3S. The maximum Gasteiger partial charge on any atom is 0.186 e. The van der Waals surface area contributed by atoms with Crippen molar-refractivity contribution in [2.24, 2.45) is 0 Å². The molecule has 0 aromatic carbocycles. The van der Waals surface area contributed by atoms with E-state index in [4.69, 9.17) is 5.26 Å². The van der Waals surface area contributed by atoms with Crippen molar-refractivity contribution in [2.45, 2.75) is 45.6 Å². The van der Waals surface area contributed by atoms with Gasteiger partial charge in [-0.25, -0.2) is 4.98 Å². The van der Waals surface area contributed by atoms with E-state index < -0.39 is 0 Å². The van der Waals surface area contributed by atoms with Crippen molar-refractivity contribution in [3.63, 3.8) is 0 Å². The predicted molar refractivity (Wildman–Crippen MR) is 66.8 cm³/mol. The number of rotatable bonds is 2. The van der Waals surface area contributed by atoms with Crippen LogP contribution in [0.2, 0.25) is 0 Å². The van der Waals surface area contributed by atoms with Crippen LogP contribution in [0.4, 0.5) is 5.13 Å². The molecule has 0 amide bonds. The highest BCUT2D eigenvalue weighted by atomic mass is 32.1. The molecule has 1 aromatic heterocycles. The normalized spacial score (nSPS) is 20.8. The topological polar surface area (TPSA) is 39.9 Å². The van der Waals surface area contributed by atoms with Gasteiger partial charge in [0.05, 0.1) is 18.2 Å². The van der Waals surface area contributed by atoms with Gasteiger partial charge < -0.3 is 4.90 Å². The minimum atomic E-state index is 0.492. The van der Waals surface area contributed by atoms with Crippen LogP contribution in [0.3, 0.4) is 0 Å². The number of hydrogen-bond donors (Lipinski definition) is 0. The van der Waals surface area contributed by atoms with Crippen molar-refractivity contribution in [2.75, 3.05) is 11.4 Å². The van der Waals surface area contributed by atoms with Gasteiger partial charge in [-0.1, -0.05) is 0 Å². The van der Waals surface area contributed by atoms with E-state index in [1.807, 2.05) is 6.92 Å². The van der Waals surface area contributed by atoms with Gasteiger partial charge in [0.15, 0.2) is 5.13 Å². The standard InChI is InChI=1S/C12H17N3S/c1-9-5-3-4-8-15(9)12-14-10(2)11(16-12)6-7-13/h9H,3-6,8H2,1-2H3. The van der Waals surface area contributed by atoms with Crippen molar-refractivity contribution < 1.29 is 0 Å². The quantitative estimate of drug-likeness (QED) is 0.791. The number of aryl methyl sites for hydroxylation is 1. The Kier molecular flexibility index (Phi) is 3.45. The number of hydrogen-bond acceptors (Lipinski definition) is 4. The van der Waals surface area contributed by atoms with Crippen LogP contribution in [0.1, 0.15) is 36.8 Å². The van der Waals surface area contributed by atoms with Crippen LogP contribution < -0.4 is 4.90 Å². The molecule has 0 spiro atoms. The summed E-state index contributed by atoms with van der Waals surface area (Å²) in [5.41, 5.74) is 1.03. The second kappa shape index (κ2) is 4.84. The smallest absolute Gasteiger partial charge is 0.186 e. The lowest BCUT2D eigenvalue weighted by Gasteiger charge is -2.33. The lowest BCUT2D eigenvalue weighted by atomic mass is 10.1. The maximum atomic E-state index is 8.73. The molecule has 2 rings (SSSR count). The van der Waals surface area contributed by atoms with Gasteiger partial charge in [-0.05, 0) is 33.1 Å². The Labute approximate surface area is 101 Å². The largest absolute Gasteiger partial charge is 0.345 e. The summed E-state index contributed by atoms with van der Waals surface area (Å²) >= 11 is 1.69. The van der Waals surface area contributed by atoms with Gasteiger partial charge in [-0.2, -0.15) is 5.26 Å². The summed E-state index contributed by atoms with van der Waals surface area (Å²) in [6.07, 6.45) is 4.33. The molecule has 1 saturated heterocycles. The number of nitrogens with zero attached hydrogens (tertiary/aromatic N) is 3. The molecule has 1 fully saturated rings. The summed E-state index contributed by atoms with van der Waals surface area (Å²) in [6, 6.07) is 2.80. The zero-order valence-electron chi connectivity index (χ0n) is 9.86. The molecule has 2 heterocycles. The number of anilines is 1. The second-order valence-electron chi connectivity index (χ2n) is 4.38. The summed E-state index contributed by atoms with van der Waals surface area (Å²) < 4.78 is 0. The van der Waals surface area contributed by atoms with Gasteiger partial charge in [0.2, 0.25) is 0 Å². The number of nitriles is 1. The molecule has 1 aliphatic rings. The van der Waals surface area contributed by atoms with E-state index in [0.717, 1.165) is 22.2 Å². The molecule has 16 heavy (non-hydrogen) atoms. The number of piperidine rings is 1. The van der Waals surface area contributed by atoms with Crippen LogP contribution in [0.15, 0.2) is 0 Å². The van der Waals surface area contributed by atoms with Crippen molar-refractivity contribution in [3.05, 3.63) is 10.6 Å². The first kappa shape index (κ1) is 11.4. The van der Waals surface area contributed by atoms with Gasteiger partial charge >= 0.3 is 0 Å². The molecule has 1 atom stereocenters. The van der Waals surface area contributed by atoms with E-state index in [-0.39, 0.29) is 0 Å². The summed E-state index contributed by atoms with van der Waals surface area (Å²) in [5.74, 6) is 0. The Balaban J connectivity index is 2.20. The highest BCUT2D eigenvalue weighted by molar-refractivity contribution is 7.15. The molecule has 1 aliphatic heterocycles. The lowest BCUT2D eigenvalue weighted by Crippen LogP contribution is -2.37. The van der Waals surface area contributed by atoms with E-state index in [2.05, 4.69) is 22.9 Å². The van der Waals surface area contributed by atoms with Crippen LogP contribution >= 0.6 is 11.3 Å². The third-order valence-electron chi connectivity index (χ3n) is 3.17. The Bertz CT molecular complexity index is 405. The van der Waals surface area contributed by atoms with Gasteiger partial charge in [0.1, 0.15) is 0 Å². The van der Waals surface area contributed by atoms with Gasteiger partial charge in [0.25, 0.3) is 0 Å². The lowest BCUT2D eigenvalue weighted by molar-refractivity contribution is 0.484. The average molecular weight is 235 g/mol. The summed E-state index contributed by atoms with van der Waals surface area (Å²) in [7, 11) is 0. The number of thiazole rings is 1. The van der Waals surface area contributed by atoms with Crippen molar-refractivity contribution in [3.8, 4) is 6.07 Å². The molecule has 1 aromatic rings. The zero-order chi connectivity index (χ0) is 11.5. The van der Waals surface area contributed by atoms with Crippen LogP contribution in [0, 0.1) is 18.3 Å². The average Bonchev–Trinajstić information content (AvgIpc) is 2.61. The van der Waals surface area contributed by atoms with E-state index in [1.54, 1.807) is 11.3 Å². The van der Waals surface area contributed by atoms with Gasteiger partial charge in [-0.3, -0.25) is 0 Å². The SMILES string of the molecule is Cc1nc(N2CCCCC2C)sc1CC#N. The van der Waals surface area contributed by atoms with E-state index >= 15 is 0 Å². The third kappa shape index (κ3) is 2.19. The summed E-state index contributed by atoms with van der Waals surface area (Å²) in [6.45, 7) is 5.38. The summed E-state index contributed by atoms with van der Waals surface area (Å²) in [4.78, 5) is 8.11. The third-order valence-corrected chi connectivity index (χ3v) is 4.36. The van der Waals surface area contributed by atoms with Crippen molar-refractivity contribution >= 4 is 16.5 Å². The minimum absolute atomic E-state index is 0.492. The van der Waals surface area contributed by atoms with E-state index in [9.17, 15) is 0 Å². The molecule has 3 nitrogen and oxygen atoms in total. The van der Waals surface area contributed by atoms with Crippen molar-refractivity contribution in [1.29, 1.82) is 5.26 Å². The Hall–Kier alpha value is -1.08. The Morgan fingerprint density at radius 1 is 1.56 bits per heavy atom. The molecule has 0 aliphatic carbocycles. The molecule has 0 saturated carbocycles. The van der Waals surface area contributed by atoms with E-state index in [0.29, 0.717) is 12.5 Å². The fraction of sp³-hybridized carbons (Fsp3) is 0.667. The Morgan fingerprint density at radius 2 is 2.38 bits per heavy atom. The predicted octanol–water partition coefficient (Wildman–Crippen LogP) is 2.90. The molecule has 1 unspecified atom stereocenters. The fourth-order valence-corrected chi connectivity index (χ4v) is 3.28. The maximum absolute atomic E-state index is 8.73. The van der Waals surface area contributed by atoms with Crippen LogP contribution in [0.25, 0.3) is 0 Å². The first-order valence-corrected chi connectivity index (χ1v) is 6.64. The minimum Gasteiger partial charge on any atom is -0.345 e. The highest BCUT2D eigenvalue weighted by Crippen LogP contribution is 2.30. The summed E-state index contributed by atoms with van der Waals surface area (Å²) in [5, 5.41) is 9.84. The second-order valence-corrected chi connectivity index (χ2v) is 5.44. The molecule has 0 radical (unpaired) electrons. The van der Waals surface area contributed by atoms with Crippen LogP contribution in [-0.2, 0) is 6.42 Å². The first-order valence-electron chi connectivity index (χ1n) is 5.82. The van der Waals surface area contributed by atoms with Crippen LogP contribution in [-0.4, -0.2) is 17.6 Å². The highest BCUT2D eigenvalue weighted by Gasteiger charge is 2.22. The molecule has 0 bridgehead atoms.